The van der Waals surface area contributed by atoms with Crippen LogP contribution in [0.25, 0.3) is 0 Å². The van der Waals surface area contributed by atoms with Crippen LogP contribution in [0.15, 0.2) is 0 Å². The Kier molecular flexibility index (Phi) is 4.94. The van der Waals surface area contributed by atoms with Crippen LogP contribution in [0.3, 0.4) is 0 Å². The van der Waals surface area contributed by atoms with Gasteiger partial charge in [-0.25, -0.2) is 0 Å². The molecule has 7 nitrogen and oxygen atoms in total. The SMILES string of the molecule is NC(=O)C1CCN(C(=O)C(=O)NCC2CCCO2)CC1. The molecule has 0 spiro atoms. The fraction of sp³-hybridized carbons (Fsp3) is 0.769. The van der Waals surface area contributed by atoms with Crippen molar-refractivity contribution in [1.82, 2.24) is 10.2 Å². The number of ether oxygens (including phenoxy) is 1. The summed E-state index contributed by atoms with van der Waals surface area (Å²) in [5, 5.41) is 2.61. The lowest BCUT2D eigenvalue weighted by atomic mass is 9.96. The lowest BCUT2D eigenvalue weighted by Gasteiger charge is -2.30. The van der Waals surface area contributed by atoms with E-state index in [-0.39, 0.29) is 17.9 Å². The molecule has 1 unspecified atom stereocenters. The molecule has 2 heterocycles. The van der Waals surface area contributed by atoms with E-state index in [1.54, 1.807) is 0 Å². The van der Waals surface area contributed by atoms with Crippen LogP contribution >= 0.6 is 0 Å². The van der Waals surface area contributed by atoms with Gasteiger partial charge >= 0.3 is 11.8 Å². The number of piperidine rings is 1. The van der Waals surface area contributed by atoms with E-state index < -0.39 is 11.8 Å². The third-order valence-electron chi connectivity index (χ3n) is 3.89. The Morgan fingerprint density at radius 2 is 1.90 bits per heavy atom. The first kappa shape index (κ1) is 14.8. The number of rotatable bonds is 3. The fourth-order valence-electron chi connectivity index (χ4n) is 2.60. The van der Waals surface area contributed by atoms with Gasteiger partial charge in [0, 0.05) is 32.2 Å². The summed E-state index contributed by atoms with van der Waals surface area (Å²) in [6.45, 7) is 1.90. The molecule has 2 saturated heterocycles. The van der Waals surface area contributed by atoms with E-state index in [0.29, 0.717) is 32.5 Å². The van der Waals surface area contributed by atoms with Gasteiger partial charge in [-0.2, -0.15) is 0 Å². The highest BCUT2D eigenvalue weighted by Crippen LogP contribution is 2.16. The zero-order valence-electron chi connectivity index (χ0n) is 11.5. The van der Waals surface area contributed by atoms with Crippen molar-refractivity contribution < 1.29 is 19.1 Å². The van der Waals surface area contributed by atoms with Crippen LogP contribution in [0.4, 0.5) is 0 Å². The summed E-state index contributed by atoms with van der Waals surface area (Å²) in [5.41, 5.74) is 5.23. The average molecular weight is 283 g/mol. The van der Waals surface area contributed by atoms with Gasteiger partial charge in [-0.1, -0.05) is 0 Å². The predicted molar refractivity (Wildman–Crippen MR) is 70.5 cm³/mol. The van der Waals surface area contributed by atoms with Crippen molar-refractivity contribution in [2.24, 2.45) is 11.7 Å². The van der Waals surface area contributed by atoms with Crippen LogP contribution in [-0.2, 0) is 19.1 Å². The maximum atomic E-state index is 11.9. The average Bonchev–Trinajstić information content (AvgIpc) is 2.97. The second-order valence-electron chi connectivity index (χ2n) is 5.31. The van der Waals surface area contributed by atoms with Gasteiger partial charge in [-0.3, -0.25) is 14.4 Å². The molecular weight excluding hydrogens is 262 g/mol. The van der Waals surface area contributed by atoms with Crippen LogP contribution in [0.1, 0.15) is 25.7 Å². The molecule has 3 N–H and O–H groups in total. The summed E-state index contributed by atoms with van der Waals surface area (Å²) in [7, 11) is 0. The van der Waals surface area contributed by atoms with E-state index in [2.05, 4.69) is 5.32 Å². The summed E-state index contributed by atoms with van der Waals surface area (Å²) in [6.07, 6.45) is 2.99. The van der Waals surface area contributed by atoms with Crippen molar-refractivity contribution in [2.75, 3.05) is 26.2 Å². The second kappa shape index (κ2) is 6.69. The molecule has 0 bridgehead atoms. The number of nitrogens with zero attached hydrogens (tertiary/aromatic N) is 1. The maximum Gasteiger partial charge on any atom is 0.311 e. The summed E-state index contributed by atoms with van der Waals surface area (Å²) in [5.74, 6) is -1.65. The fourth-order valence-corrected chi connectivity index (χ4v) is 2.60. The molecule has 0 aromatic rings. The number of likely N-dealkylation sites (tertiary alicyclic amines) is 1. The second-order valence-corrected chi connectivity index (χ2v) is 5.31. The minimum atomic E-state index is -0.599. The molecule has 20 heavy (non-hydrogen) atoms. The van der Waals surface area contributed by atoms with Gasteiger partial charge in [-0.05, 0) is 25.7 Å². The van der Waals surface area contributed by atoms with E-state index in [9.17, 15) is 14.4 Å². The Morgan fingerprint density at radius 1 is 1.20 bits per heavy atom. The molecular formula is C13H21N3O4. The first-order valence-corrected chi connectivity index (χ1v) is 7.06. The molecule has 112 valence electrons. The summed E-state index contributed by atoms with van der Waals surface area (Å²) in [6, 6.07) is 0. The number of nitrogens with one attached hydrogen (secondary N) is 1. The van der Waals surface area contributed by atoms with Gasteiger partial charge in [-0.15, -0.1) is 0 Å². The highest BCUT2D eigenvalue weighted by Gasteiger charge is 2.29. The van der Waals surface area contributed by atoms with Crippen molar-refractivity contribution in [3.63, 3.8) is 0 Å². The predicted octanol–water partition coefficient (Wildman–Crippen LogP) is -0.994. The number of carbonyl (C=O) groups excluding carboxylic acids is 3. The number of carbonyl (C=O) groups is 3. The highest BCUT2D eigenvalue weighted by molar-refractivity contribution is 6.35. The van der Waals surface area contributed by atoms with Crippen LogP contribution in [0, 0.1) is 5.92 Å². The standard InChI is InChI=1S/C13H21N3O4/c14-11(17)9-3-5-16(6-4-9)13(19)12(18)15-8-10-2-1-7-20-10/h9-10H,1-8H2,(H2,14,17)(H,15,18). The molecule has 0 saturated carbocycles. The molecule has 2 rings (SSSR count). The van der Waals surface area contributed by atoms with Crippen LogP contribution < -0.4 is 11.1 Å². The molecule has 1 atom stereocenters. The molecule has 2 aliphatic rings. The quantitative estimate of drug-likeness (QED) is 0.649. The molecule has 2 aliphatic heterocycles. The largest absolute Gasteiger partial charge is 0.376 e. The van der Waals surface area contributed by atoms with Gasteiger partial charge in [0.05, 0.1) is 6.10 Å². The number of hydrogen-bond acceptors (Lipinski definition) is 4. The third-order valence-corrected chi connectivity index (χ3v) is 3.89. The minimum absolute atomic E-state index is 0.0207. The van der Waals surface area contributed by atoms with Crippen molar-refractivity contribution >= 4 is 17.7 Å². The first-order valence-electron chi connectivity index (χ1n) is 7.06. The lowest BCUT2D eigenvalue weighted by Crippen LogP contribution is -2.48. The van der Waals surface area contributed by atoms with Crippen molar-refractivity contribution in [3.8, 4) is 0 Å². The van der Waals surface area contributed by atoms with Crippen molar-refractivity contribution in [1.29, 1.82) is 0 Å². The third kappa shape index (κ3) is 3.69. The Morgan fingerprint density at radius 3 is 2.45 bits per heavy atom. The maximum absolute atomic E-state index is 11.9. The summed E-state index contributed by atoms with van der Waals surface area (Å²) in [4.78, 5) is 36.2. The van der Waals surface area contributed by atoms with Crippen molar-refractivity contribution in [2.45, 2.75) is 31.8 Å². The smallest absolute Gasteiger partial charge is 0.311 e. The highest BCUT2D eigenvalue weighted by atomic mass is 16.5. The Hall–Kier alpha value is -1.63. The van der Waals surface area contributed by atoms with E-state index >= 15 is 0 Å². The zero-order chi connectivity index (χ0) is 14.5. The monoisotopic (exact) mass is 283 g/mol. The van der Waals surface area contributed by atoms with Gasteiger partial charge in [0.15, 0.2) is 0 Å². The number of nitrogens with two attached hydrogens (primary N) is 1. The van der Waals surface area contributed by atoms with E-state index in [1.807, 2.05) is 0 Å². The molecule has 0 radical (unpaired) electrons. The Balaban J connectivity index is 1.73. The topological polar surface area (TPSA) is 102 Å². The minimum Gasteiger partial charge on any atom is -0.376 e. The number of primary amides is 1. The molecule has 0 aromatic carbocycles. The summed E-state index contributed by atoms with van der Waals surface area (Å²) >= 11 is 0. The lowest BCUT2D eigenvalue weighted by molar-refractivity contribution is -0.147. The number of amides is 3. The van der Waals surface area contributed by atoms with Crippen LogP contribution in [0.5, 0.6) is 0 Å². The Labute approximate surface area is 117 Å². The van der Waals surface area contributed by atoms with Gasteiger partial charge in [0.25, 0.3) is 0 Å². The zero-order valence-corrected chi connectivity index (χ0v) is 11.5. The molecule has 2 fully saturated rings. The Bertz CT molecular complexity index is 385. The molecule has 0 aromatic heterocycles. The van der Waals surface area contributed by atoms with Crippen LogP contribution in [-0.4, -0.2) is 55.0 Å². The van der Waals surface area contributed by atoms with Gasteiger partial charge in [0.1, 0.15) is 0 Å². The summed E-state index contributed by atoms with van der Waals surface area (Å²) < 4.78 is 5.38. The number of hydrogen-bond donors (Lipinski definition) is 2. The van der Waals surface area contributed by atoms with Crippen LogP contribution in [0.2, 0.25) is 0 Å². The van der Waals surface area contributed by atoms with Gasteiger partial charge < -0.3 is 20.7 Å². The van der Waals surface area contributed by atoms with E-state index in [4.69, 9.17) is 10.5 Å². The first-order chi connectivity index (χ1) is 9.58. The normalized spacial score (nSPS) is 23.6. The molecule has 3 amide bonds. The van der Waals surface area contributed by atoms with Gasteiger partial charge in [0.2, 0.25) is 5.91 Å². The van der Waals surface area contributed by atoms with E-state index in [0.717, 1.165) is 19.4 Å². The van der Waals surface area contributed by atoms with E-state index in [1.165, 1.54) is 4.90 Å². The molecule has 7 heteroatoms. The molecule has 0 aliphatic carbocycles. The van der Waals surface area contributed by atoms with Crippen molar-refractivity contribution in [3.05, 3.63) is 0 Å².